The molecule has 2 heterocycles. The van der Waals surface area contributed by atoms with Crippen molar-refractivity contribution in [2.24, 2.45) is 0 Å². The monoisotopic (exact) mass is 363 g/mol. The van der Waals surface area contributed by atoms with Gasteiger partial charge in [-0.3, -0.25) is 9.89 Å². The van der Waals surface area contributed by atoms with Crippen LogP contribution in [0.15, 0.2) is 28.7 Å². The molecule has 116 valence electrons. The second kappa shape index (κ2) is 6.22. The maximum atomic E-state index is 12.7. The van der Waals surface area contributed by atoms with Crippen molar-refractivity contribution >= 4 is 21.8 Å². The molecular weight excluding hydrogens is 346 g/mol. The van der Waals surface area contributed by atoms with Crippen LogP contribution in [-0.2, 0) is 4.74 Å². The van der Waals surface area contributed by atoms with Gasteiger partial charge < -0.3 is 9.64 Å². The van der Waals surface area contributed by atoms with E-state index < -0.39 is 0 Å². The lowest BCUT2D eigenvalue weighted by atomic mass is 9.99. The van der Waals surface area contributed by atoms with Crippen molar-refractivity contribution in [3.63, 3.8) is 0 Å². The van der Waals surface area contributed by atoms with E-state index in [4.69, 9.17) is 4.74 Å². The molecule has 1 aliphatic rings. The van der Waals surface area contributed by atoms with Gasteiger partial charge in [-0.1, -0.05) is 28.1 Å². The van der Waals surface area contributed by atoms with E-state index >= 15 is 0 Å². The molecule has 2 aromatic rings. The number of aromatic amines is 1. The minimum atomic E-state index is -0.0874. The first-order chi connectivity index (χ1) is 10.6. The normalized spacial score (nSPS) is 17.1. The molecule has 1 aromatic heterocycles. The van der Waals surface area contributed by atoms with Crippen LogP contribution in [0.5, 0.6) is 0 Å². The van der Waals surface area contributed by atoms with Crippen molar-refractivity contribution in [1.29, 1.82) is 0 Å². The number of hydrogen-bond donors (Lipinski definition) is 1. The minimum Gasteiger partial charge on any atom is -0.385 e. The highest BCUT2D eigenvalue weighted by molar-refractivity contribution is 9.10. The van der Waals surface area contributed by atoms with Gasteiger partial charge in [-0.15, -0.1) is 0 Å². The summed E-state index contributed by atoms with van der Waals surface area (Å²) in [6.45, 7) is 3.25. The topological polar surface area (TPSA) is 58.2 Å². The number of ether oxygens (including phenoxy) is 1. The Labute approximate surface area is 137 Å². The van der Waals surface area contributed by atoms with Gasteiger partial charge in [0.05, 0.1) is 6.04 Å². The van der Waals surface area contributed by atoms with E-state index in [1.165, 1.54) is 0 Å². The summed E-state index contributed by atoms with van der Waals surface area (Å²) in [6, 6.07) is 8.00. The molecule has 0 spiro atoms. The standard InChI is InChI=1S/C16H18BrN3O2/c1-10-13-14(19-18-10)16(21)20(7-4-8-22-2)15(13)11-5-3-6-12(17)9-11/h3,5-6,9,15H,4,7-8H2,1-2H3,(H,18,19). The van der Waals surface area contributed by atoms with Crippen molar-refractivity contribution in [2.75, 3.05) is 20.3 Å². The molecule has 0 aliphatic carbocycles. The molecule has 5 nitrogen and oxygen atoms in total. The van der Waals surface area contributed by atoms with Gasteiger partial charge in [0.15, 0.2) is 5.69 Å². The van der Waals surface area contributed by atoms with Crippen LogP contribution in [0.2, 0.25) is 0 Å². The first kappa shape index (κ1) is 15.2. The number of aryl methyl sites for hydroxylation is 1. The molecular formula is C16H18BrN3O2. The number of carbonyl (C=O) groups is 1. The number of fused-ring (bicyclic) bond motifs is 1. The molecule has 1 aliphatic heterocycles. The van der Waals surface area contributed by atoms with Crippen LogP contribution < -0.4 is 0 Å². The number of amides is 1. The van der Waals surface area contributed by atoms with Gasteiger partial charge >= 0.3 is 0 Å². The first-order valence-corrected chi connectivity index (χ1v) is 8.03. The van der Waals surface area contributed by atoms with Gasteiger partial charge in [-0.05, 0) is 31.0 Å². The van der Waals surface area contributed by atoms with Gasteiger partial charge in [0.2, 0.25) is 0 Å². The third kappa shape index (κ3) is 2.57. The Bertz CT molecular complexity index is 698. The molecule has 1 amide bonds. The Balaban J connectivity index is 2.01. The van der Waals surface area contributed by atoms with Crippen LogP contribution in [0.4, 0.5) is 0 Å². The lowest BCUT2D eigenvalue weighted by molar-refractivity contribution is 0.0723. The Morgan fingerprint density at radius 2 is 2.27 bits per heavy atom. The van der Waals surface area contributed by atoms with E-state index in [-0.39, 0.29) is 11.9 Å². The number of methoxy groups -OCH3 is 1. The summed E-state index contributed by atoms with van der Waals surface area (Å²) in [4.78, 5) is 14.6. The fraction of sp³-hybridized carbons (Fsp3) is 0.375. The summed E-state index contributed by atoms with van der Waals surface area (Å²) in [5.74, 6) is -0.0135. The van der Waals surface area contributed by atoms with Crippen molar-refractivity contribution < 1.29 is 9.53 Å². The smallest absolute Gasteiger partial charge is 0.275 e. The third-order valence-corrected chi connectivity index (χ3v) is 4.45. The van der Waals surface area contributed by atoms with E-state index in [0.717, 1.165) is 27.7 Å². The number of aromatic nitrogens is 2. The predicted octanol–water partition coefficient (Wildman–Crippen LogP) is 3.06. The predicted molar refractivity (Wildman–Crippen MR) is 86.8 cm³/mol. The van der Waals surface area contributed by atoms with Crippen molar-refractivity contribution in [2.45, 2.75) is 19.4 Å². The molecule has 0 saturated carbocycles. The first-order valence-electron chi connectivity index (χ1n) is 7.23. The van der Waals surface area contributed by atoms with Crippen molar-refractivity contribution in [1.82, 2.24) is 15.1 Å². The summed E-state index contributed by atoms with van der Waals surface area (Å²) in [5, 5.41) is 7.13. The van der Waals surface area contributed by atoms with Gasteiger partial charge in [0.25, 0.3) is 5.91 Å². The Hall–Kier alpha value is -1.66. The van der Waals surface area contributed by atoms with E-state index in [1.807, 2.05) is 30.0 Å². The second-order valence-corrected chi connectivity index (χ2v) is 6.33. The van der Waals surface area contributed by atoms with Crippen LogP contribution in [0, 0.1) is 6.92 Å². The third-order valence-electron chi connectivity index (χ3n) is 3.95. The van der Waals surface area contributed by atoms with Gasteiger partial charge in [0, 0.05) is 36.0 Å². The van der Waals surface area contributed by atoms with Crippen LogP contribution in [0.25, 0.3) is 0 Å². The molecule has 1 atom stereocenters. The molecule has 22 heavy (non-hydrogen) atoms. The number of nitrogens with one attached hydrogen (secondary N) is 1. The lowest BCUT2D eigenvalue weighted by Crippen LogP contribution is -2.31. The van der Waals surface area contributed by atoms with Gasteiger partial charge in [-0.2, -0.15) is 5.10 Å². The number of halogens is 1. The Morgan fingerprint density at radius 3 is 3.00 bits per heavy atom. The molecule has 1 unspecified atom stereocenters. The van der Waals surface area contributed by atoms with E-state index in [1.54, 1.807) is 7.11 Å². The molecule has 0 radical (unpaired) electrons. The summed E-state index contributed by atoms with van der Waals surface area (Å²) in [7, 11) is 1.67. The summed E-state index contributed by atoms with van der Waals surface area (Å²) < 4.78 is 6.12. The van der Waals surface area contributed by atoms with E-state index in [0.29, 0.717) is 18.8 Å². The number of nitrogens with zero attached hydrogens (tertiary/aromatic N) is 2. The molecule has 6 heteroatoms. The zero-order valence-electron chi connectivity index (χ0n) is 12.6. The number of hydrogen-bond acceptors (Lipinski definition) is 3. The molecule has 1 N–H and O–H groups in total. The van der Waals surface area contributed by atoms with Crippen LogP contribution in [0.1, 0.15) is 39.8 Å². The van der Waals surface area contributed by atoms with Gasteiger partial charge in [-0.25, -0.2) is 0 Å². The van der Waals surface area contributed by atoms with Crippen molar-refractivity contribution in [3.05, 3.63) is 51.3 Å². The average molecular weight is 364 g/mol. The zero-order valence-corrected chi connectivity index (χ0v) is 14.2. The van der Waals surface area contributed by atoms with Crippen LogP contribution >= 0.6 is 15.9 Å². The number of H-pyrrole nitrogens is 1. The van der Waals surface area contributed by atoms with E-state index in [2.05, 4.69) is 32.2 Å². The Morgan fingerprint density at radius 1 is 1.45 bits per heavy atom. The summed E-state index contributed by atoms with van der Waals surface area (Å²) in [5.41, 5.74) is 3.56. The van der Waals surface area contributed by atoms with E-state index in [9.17, 15) is 4.79 Å². The van der Waals surface area contributed by atoms with Crippen molar-refractivity contribution in [3.8, 4) is 0 Å². The average Bonchev–Trinajstić information content (AvgIpc) is 3.00. The quantitative estimate of drug-likeness (QED) is 0.830. The SMILES string of the molecule is COCCCN1C(=O)c2n[nH]c(C)c2C1c1cccc(Br)c1. The van der Waals surface area contributed by atoms with Crippen LogP contribution in [-0.4, -0.2) is 41.3 Å². The maximum Gasteiger partial charge on any atom is 0.275 e. The molecule has 1 aromatic carbocycles. The maximum absolute atomic E-state index is 12.7. The highest BCUT2D eigenvalue weighted by atomic mass is 79.9. The summed E-state index contributed by atoms with van der Waals surface area (Å²) >= 11 is 3.51. The largest absolute Gasteiger partial charge is 0.385 e. The lowest BCUT2D eigenvalue weighted by Gasteiger charge is -2.26. The number of carbonyl (C=O) groups excluding carboxylic acids is 1. The molecule has 3 rings (SSSR count). The zero-order chi connectivity index (χ0) is 15.7. The summed E-state index contributed by atoms with van der Waals surface area (Å²) in [6.07, 6.45) is 0.805. The number of rotatable bonds is 5. The second-order valence-electron chi connectivity index (χ2n) is 5.41. The Kier molecular flexibility index (Phi) is 4.31. The highest BCUT2D eigenvalue weighted by Crippen LogP contribution is 2.39. The van der Waals surface area contributed by atoms with Gasteiger partial charge in [0.1, 0.15) is 0 Å². The highest BCUT2D eigenvalue weighted by Gasteiger charge is 2.41. The van der Waals surface area contributed by atoms with Crippen LogP contribution in [0.3, 0.4) is 0 Å². The minimum absolute atomic E-state index is 0.0135. The molecule has 0 saturated heterocycles. The fourth-order valence-electron chi connectivity index (χ4n) is 2.98. The number of benzene rings is 1. The molecule has 0 fully saturated rings. The molecule has 0 bridgehead atoms. The fourth-order valence-corrected chi connectivity index (χ4v) is 3.39.